The maximum absolute atomic E-state index is 9.52. The van der Waals surface area contributed by atoms with Gasteiger partial charge in [0.05, 0.1) is 11.0 Å². The van der Waals surface area contributed by atoms with Gasteiger partial charge in [-0.15, -0.1) is 0 Å². The standard InChI is InChI=1S/C2H4BrO3S.K/c3-1-2-6-7(4)5;/h1-2H2;/q-1;+1. The van der Waals surface area contributed by atoms with Crippen molar-refractivity contribution in [3.63, 3.8) is 0 Å². The first kappa shape index (κ1) is 12.7. The second-order valence-corrected chi connectivity index (χ2v) is 2.15. The van der Waals surface area contributed by atoms with Gasteiger partial charge in [0.1, 0.15) is 0 Å². The molecule has 44 valence electrons. The third kappa shape index (κ3) is 10.9. The van der Waals surface area contributed by atoms with Crippen LogP contribution in [0.1, 0.15) is 0 Å². The Kier molecular flexibility index (Phi) is 14.3. The van der Waals surface area contributed by atoms with Gasteiger partial charge in [-0.25, -0.2) is 0 Å². The fraction of sp³-hybridized carbons (Fsp3) is 1.00. The molecule has 0 aromatic carbocycles. The molecule has 0 saturated carbocycles. The smallest absolute Gasteiger partial charge is 0.423 e. The van der Waals surface area contributed by atoms with Crippen molar-refractivity contribution in [2.45, 2.75) is 0 Å². The summed E-state index contributed by atoms with van der Waals surface area (Å²) < 4.78 is 23.1. The fourth-order valence-corrected chi connectivity index (χ4v) is 0.695. The van der Waals surface area contributed by atoms with Gasteiger partial charge in [0, 0.05) is 11.9 Å². The fourth-order valence-electron chi connectivity index (χ4n) is 0.0995. The van der Waals surface area contributed by atoms with E-state index >= 15 is 0 Å². The van der Waals surface area contributed by atoms with Gasteiger partial charge in [-0.3, -0.25) is 0 Å². The van der Waals surface area contributed by atoms with E-state index < -0.39 is 11.0 Å². The Morgan fingerprint density at radius 2 is 2.00 bits per heavy atom. The molecule has 0 heterocycles. The topological polar surface area (TPSA) is 43.4 Å². The molecule has 0 unspecified atom stereocenters. The van der Waals surface area contributed by atoms with Crippen LogP contribution in [-0.4, -0.2) is 11.9 Å². The van der Waals surface area contributed by atoms with E-state index in [1.54, 1.807) is 0 Å². The summed E-state index contributed by atoms with van der Waals surface area (Å²) in [5, 5.41) is 0.543. The molecular weight excluding hydrogens is 223 g/mol. The molecule has 8 heavy (non-hydrogen) atoms. The van der Waals surface area contributed by atoms with Crippen LogP contribution >= 0.6 is 15.9 Å². The summed E-state index contributed by atoms with van der Waals surface area (Å²) in [6.07, 6.45) is 0. The Balaban J connectivity index is 0. The van der Waals surface area contributed by atoms with Gasteiger partial charge in [-0.05, 0) is 0 Å². The van der Waals surface area contributed by atoms with Gasteiger partial charge in [0.15, 0.2) is 0 Å². The first-order valence-electron chi connectivity index (χ1n) is 1.56. The quantitative estimate of drug-likeness (QED) is 0.307. The van der Waals surface area contributed by atoms with Crippen LogP contribution in [0.4, 0.5) is 0 Å². The second kappa shape index (κ2) is 9.03. The molecule has 0 aromatic heterocycles. The monoisotopic (exact) mass is 226 g/mol. The molecule has 0 amide bonds. The molecule has 0 aliphatic rings. The van der Waals surface area contributed by atoms with Crippen molar-refractivity contribution < 1.29 is 64.0 Å². The van der Waals surface area contributed by atoms with Crippen molar-refractivity contribution in [1.29, 1.82) is 0 Å². The largest absolute Gasteiger partial charge is 1.00 e. The van der Waals surface area contributed by atoms with Crippen LogP contribution in [-0.2, 0) is 23.6 Å². The molecule has 0 aliphatic carbocycles. The summed E-state index contributed by atoms with van der Waals surface area (Å²) in [4.78, 5) is 0. The molecule has 6 heteroatoms. The minimum absolute atomic E-state index is 0. The van der Waals surface area contributed by atoms with E-state index in [0.717, 1.165) is 0 Å². The molecule has 0 atom stereocenters. The normalized spacial score (nSPS) is 8.75. The Hall–Kier alpha value is 2.03. The summed E-state index contributed by atoms with van der Waals surface area (Å²) >= 11 is 2.98. The average molecular weight is 227 g/mol. The zero-order valence-corrected chi connectivity index (χ0v) is 9.95. The van der Waals surface area contributed by atoms with E-state index in [2.05, 4.69) is 20.1 Å². The van der Waals surface area contributed by atoms with Gasteiger partial charge in [0.2, 0.25) is 0 Å². The maximum atomic E-state index is 9.52. The first-order chi connectivity index (χ1) is 3.27. The summed E-state index contributed by atoms with van der Waals surface area (Å²) in [6.45, 7) is 0.204. The van der Waals surface area contributed by atoms with Crippen molar-refractivity contribution >= 4 is 26.9 Å². The van der Waals surface area contributed by atoms with Crippen LogP contribution in [0, 0.1) is 0 Å². The number of hydrogen-bond acceptors (Lipinski definition) is 4. The van der Waals surface area contributed by atoms with Crippen molar-refractivity contribution in [2.24, 2.45) is 0 Å². The Labute approximate surface area is 101 Å². The summed E-state index contributed by atoms with van der Waals surface area (Å²) in [5.74, 6) is 0. The Morgan fingerprint density at radius 3 is 2.12 bits per heavy atom. The van der Waals surface area contributed by atoms with E-state index in [1.165, 1.54) is 0 Å². The van der Waals surface area contributed by atoms with Crippen LogP contribution in [0.2, 0.25) is 0 Å². The zero-order chi connectivity index (χ0) is 5.70. The number of alkyl halides is 1. The minimum atomic E-state index is -2.35. The maximum Gasteiger partial charge on any atom is 1.00 e. The van der Waals surface area contributed by atoms with E-state index in [1.807, 2.05) is 0 Å². The van der Waals surface area contributed by atoms with Gasteiger partial charge < -0.3 is 12.6 Å². The molecule has 0 radical (unpaired) electrons. The predicted octanol–water partition coefficient (Wildman–Crippen LogP) is -2.37. The summed E-state index contributed by atoms with van der Waals surface area (Å²) in [7, 11) is -2.35. The van der Waals surface area contributed by atoms with Gasteiger partial charge >= 0.3 is 51.4 Å². The van der Waals surface area contributed by atoms with Crippen molar-refractivity contribution in [1.82, 2.24) is 0 Å². The van der Waals surface area contributed by atoms with Crippen LogP contribution in [0.15, 0.2) is 0 Å². The van der Waals surface area contributed by atoms with E-state index in [0.29, 0.717) is 5.33 Å². The van der Waals surface area contributed by atoms with Gasteiger partial charge in [0.25, 0.3) is 0 Å². The molecule has 0 fully saturated rings. The van der Waals surface area contributed by atoms with E-state index in [4.69, 9.17) is 0 Å². The summed E-state index contributed by atoms with van der Waals surface area (Å²) in [5.41, 5.74) is 0. The van der Waals surface area contributed by atoms with Crippen molar-refractivity contribution in [3.8, 4) is 0 Å². The van der Waals surface area contributed by atoms with E-state index in [-0.39, 0.29) is 58.0 Å². The third-order valence-electron chi connectivity index (χ3n) is 0.257. The second-order valence-electron chi connectivity index (χ2n) is 0.715. The van der Waals surface area contributed by atoms with Crippen LogP contribution in [0.5, 0.6) is 0 Å². The third-order valence-corrected chi connectivity index (χ3v) is 0.940. The molecule has 0 aliphatic heterocycles. The number of hydrogen-bond donors (Lipinski definition) is 0. The molecule has 0 bridgehead atoms. The zero-order valence-electron chi connectivity index (χ0n) is 4.43. The summed E-state index contributed by atoms with van der Waals surface area (Å²) in [6, 6.07) is 0. The Morgan fingerprint density at radius 1 is 1.50 bits per heavy atom. The number of halogens is 1. The van der Waals surface area contributed by atoms with Crippen molar-refractivity contribution in [3.05, 3.63) is 0 Å². The minimum Gasteiger partial charge on any atom is -0.423 e. The SMILES string of the molecule is O=[S-](=O)OCCBr.[K+]. The van der Waals surface area contributed by atoms with Crippen LogP contribution < -0.4 is 51.4 Å². The van der Waals surface area contributed by atoms with E-state index in [9.17, 15) is 8.42 Å². The molecular formula is C2H4BrKO3S. The number of rotatable bonds is 3. The van der Waals surface area contributed by atoms with Crippen LogP contribution in [0.3, 0.4) is 0 Å². The van der Waals surface area contributed by atoms with Gasteiger partial charge in [-0.1, -0.05) is 15.9 Å². The van der Waals surface area contributed by atoms with Crippen LogP contribution in [0.25, 0.3) is 0 Å². The predicted molar refractivity (Wildman–Crippen MR) is 28.5 cm³/mol. The molecule has 0 N–H and O–H groups in total. The molecule has 0 saturated heterocycles. The molecule has 0 aromatic rings. The molecule has 0 spiro atoms. The first-order valence-corrected chi connectivity index (χ1v) is 3.68. The van der Waals surface area contributed by atoms with Gasteiger partial charge in [-0.2, -0.15) is 0 Å². The average Bonchev–Trinajstić information content (AvgIpc) is 1.61. The molecule has 0 rings (SSSR count). The molecule has 3 nitrogen and oxygen atoms in total. The van der Waals surface area contributed by atoms with Crippen molar-refractivity contribution in [2.75, 3.05) is 11.9 Å². The Bertz CT molecular complexity index is 95.5.